The summed E-state index contributed by atoms with van der Waals surface area (Å²) in [5.74, 6) is 1.64. The van der Waals surface area contributed by atoms with Gasteiger partial charge in [-0.3, -0.25) is 0 Å². The lowest BCUT2D eigenvalue weighted by molar-refractivity contribution is -0.137. The largest absolute Gasteiger partial charge is 0.493 e. The summed E-state index contributed by atoms with van der Waals surface area (Å²) in [6, 6.07) is 8.99. The monoisotopic (exact) mass is 489 g/mol. The second-order valence-corrected chi connectivity index (χ2v) is 8.15. The van der Waals surface area contributed by atoms with Crippen molar-refractivity contribution in [2.45, 2.75) is 45.7 Å². The summed E-state index contributed by atoms with van der Waals surface area (Å²) in [5, 5.41) is 3.14. The number of anilines is 1. The van der Waals surface area contributed by atoms with Crippen LogP contribution in [0.3, 0.4) is 0 Å². The molecule has 0 saturated heterocycles. The Labute approximate surface area is 197 Å². The molecule has 0 aliphatic heterocycles. The van der Waals surface area contributed by atoms with Crippen LogP contribution in [0.5, 0.6) is 11.5 Å². The van der Waals surface area contributed by atoms with E-state index in [9.17, 15) is 13.2 Å². The second kappa shape index (κ2) is 12.9. The zero-order valence-corrected chi connectivity index (χ0v) is 19.7. The molecule has 0 aliphatic rings. The van der Waals surface area contributed by atoms with Crippen LogP contribution in [0.15, 0.2) is 47.0 Å². The molecule has 0 radical (unpaired) electrons. The van der Waals surface area contributed by atoms with Crippen molar-refractivity contribution >= 4 is 28.9 Å². The third-order valence-corrected chi connectivity index (χ3v) is 5.13. The number of aryl methyl sites for hydroxylation is 2. The minimum absolute atomic E-state index is 0.171. The van der Waals surface area contributed by atoms with E-state index in [-0.39, 0.29) is 4.49 Å². The Bertz CT molecular complexity index is 855. The van der Waals surface area contributed by atoms with Crippen molar-refractivity contribution in [2.75, 3.05) is 25.1 Å². The van der Waals surface area contributed by atoms with Gasteiger partial charge in [-0.15, -0.1) is 0 Å². The van der Waals surface area contributed by atoms with Crippen molar-refractivity contribution in [1.82, 2.24) is 0 Å². The molecule has 2 aromatic carbocycles. The van der Waals surface area contributed by atoms with Gasteiger partial charge in [0.05, 0.1) is 12.2 Å². The van der Waals surface area contributed by atoms with Gasteiger partial charge in [0, 0.05) is 12.2 Å². The van der Waals surface area contributed by atoms with Crippen molar-refractivity contribution in [2.24, 2.45) is 0 Å². The minimum Gasteiger partial charge on any atom is -0.493 e. The summed E-state index contributed by atoms with van der Waals surface area (Å²) in [6.07, 6.45) is 0.531. The number of nitrogens with one attached hydrogen (secondary N) is 1. The first kappa shape index (κ1) is 26.2. The van der Waals surface area contributed by atoms with Gasteiger partial charge in [0.1, 0.15) is 22.6 Å². The predicted molar refractivity (Wildman–Crippen MR) is 125 cm³/mol. The van der Waals surface area contributed by atoms with E-state index in [1.807, 2.05) is 12.1 Å². The summed E-state index contributed by atoms with van der Waals surface area (Å²) < 4.78 is 49.8. The van der Waals surface area contributed by atoms with E-state index < -0.39 is 11.7 Å². The molecule has 0 aromatic heterocycles. The maximum absolute atomic E-state index is 12.6. The molecule has 0 aliphatic carbocycles. The van der Waals surface area contributed by atoms with E-state index in [1.54, 1.807) is 6.08 Å². The molecule has 0 amide bonds. The molecule has 0 bridgehead atoms. The topological polar surface area (TPSA) is 30.5 Å². The fourth-order valence-electron chi connectivity index (χ4n) is 3.13. The highest BCUT2D eigenvalue weighted by Crippen LogP contribution is 2.31. The van der Waals surface area contributed by atoms with Gasteiger partial charge in [-0.2, -0.15) is 13.2 Å². The molecule has 0 unspecified atom stereocenters. The first-order valence-electron chi connectivity index (χ1n) is 10.6. The molecule has 3 nitrogen and oxygen atoms in total. The van der Waals surface area contributed by atoms with Gasteiger partial charge in [0.25, 0.3) is 0 Å². The van der Waals surface area contributed by atoms with Crippen LogP contribution < -0.4 is 14.8 Å². The molecule has 0 saturated carbocycles. The molecule has 176 valence electrons. The van der Waals surface area contributed by atoms with Gasteiger partial charge in [-0.1, -0.05) is 37.0 Å². The van der Waals surface area contributed by atoms with Crippen LogP contribution in [0.4, 0.5) is 18.9 Å². The molecule has 8 heteroatoms. The van der Waals surface area contributed by atoms with E-state index in [2.05, 4.69) is 19.2 Å². The fraction of sp³-hybridized carbons (Fsp3) is 0.417. The quantitative estimate of drug-likeness (QED) is 0.308. The SMILES string of the molecule is CCc1cc(OCC=C(Cl)Cl)cc(CC)c1OCCCCNc1ccc(C(F)(F)F)cc1. The zero-order valence-electron chi connectivity index (χ0n) is 18.2. The molecule has 0 spiro atoms. The lowest BCUT2D eigenvalue weighted by Crippen LogP contribution is -2.08. The molecule has 2 aromatic rings. The molecular formula is C24H28Cl2F3NO2. The molecular weight excluding hydrogens is 462 g/mol. The number of unbranched alkanes of at least 4 members (excludes halogenated alkanes) is 1. The van der Waals surface area contributed by atoms with Crippen LogP contribution in [-0.4, -0.2) is 19.8 Å². The lowest BCUT2D eigenvalue weighted by Gasteiger charge is -2.17. The van der Waals surface area contributed by atoms with Gasteiger partial charge in [0.15, 0.2) is 0 Å². The maximum Gasteiger partial charge on any atom is 0.416 e. The van der Waals surface area contributed by atoms with Crippen molar-refractivity contribution < 1.29 is 22.6 Å². The highest BCUT2D eigenvalue weighted by atomic mass is 35.5. The molecule has 2 rings (SSSR count). The summed E-state index contributed by atoms with van der Waals surface area (Å²) >= 11 is 11.2. The van der Waals surface area contributed by atoms with Crippen molar-refractivity contribution in [3.63, 3.8) is 0 Å². The fourth-order valence-corrected chi connectivity index (χ4v) is 3.25. The number of ether oxygens (including phenoxy) is 2. The molecule has 32 heavy (non-hydrogen) atoms. The first-order chi connectivity index (χ1) is 15.2. The standard InChI is InChI=1S/C24H28Cl2F3NO2/c1-3-17-15-21(31-14-11-22(25)26)16-18(4-2)23(17)32-13-6-5-12-30-20-9-7-19(8-10-20)24(27,28)29/h7-11,15-16,30H,3-6,12-14H2,1-2H3. The Morgan fingerprint density at radius 1 is 0.969 bits per heavy atom. The van der Waals surface area contributed by atoms with Gasteiger partial charge >= 0.3 is 6.18 Å². The third kappa shape index (κ3) is 8.47. The van der Waals surface area contributed by atoms with E-state index in [0.717, 1.165) is 60.4 Å². The molecule has 0 heterocycles. The summed E-state index contributed by atoms with van der Waals surface area (Å²) in [7, 11) is 0. The van der Waals surface area contributed by atoms with Crippen molar-refractivity contribution in [3.8, 4) is 11.5 Å². The van der Waals surface area contributed by atoms with Crippen LogP contribution in [-0.2, 0) is 19.0 Å². The lowest BCUT2D eigenvalue weighted by atomic mass is 10.0. The molecule has 0 atom stereocenters. The third-order valence-electron chi connectivity index (χ3n) is 4.82. The maximum atomic E-state index is 12.6. The second-order valence-electron chi connectivity index (χ2n) is 7.14. The average molecular weight is 490 g/mol. The Morgan fingerprint density at radius 2 is 1.59 bits per heavy atom. The van der Waals surface area contributed by atoms with E-state index in [4.69, 9.17) is 32.7 Å². The zero-order chi connectivity index (χ0) is 23.6. The van der Waals surface area contributed by atoms with E-state index in [0.29, 0.717) is 25.4 Å². The van der Waals surface area contributed by atoms with Crippen molar-refractivity contribution in [1.29, 1.82) is 0 Å². The van der Waals surface area contributed by atoms with Crippen LogP contribution in [0.1, 0.15) is 43.4 Å². The van der Waals surface area contributed by atoms with Crippen LogP contribution in [0.2, 0.25) is 0 Å². The van der Waals surface area contributed by atoms with Gasteiger partial charge in [-0.25, -0.2) is 0 Å². The Morgan fingerprint density at radius 3 is 2.12 bits per heavy atom. The Hall–Kier alpha value is -2.05. The van der Waals surface area contributed by atoms with Crippen LogP contribution in [0, 0.1) is 0 Å². The van der Waals surface area contributed by atoms with Gasteiger partial charge in [-0.05, 0) is 79.3 Å². The van der Waals surface area contributed by atoms with Crippen LogP contribution >= 0.6 is 23.2 Å². The first-order valence-corrected chi connectivity index (χ1v) is 11.3. The summed E-state index contributed by atoms with van der Waals surface area (Å²) in [4.78, 5) is 0. The number of benzene rings is 2. The summed E-state index contributed by atoms with van der Waals surface area (Å²) in [5.41, 5.74) is 2.17. The minimum atomic E-state index is -4.32. The number of halogens is 5. The number of alkyl halides is 3. The Kier molecular flexibility index (Phi) is 10.5. The average Bonchev–Trinajstić information content (AvgIpc) is 2.75. The molecule has 1 N–H and O–H groups in total. The van der Waals surface area contributed by atoms with Crippen LogP contribution in [0.25, 0.3) is 0 Å². The number of hydrogen-bond donors (Lipinski definition) is 1. The Balaban J connectivity index is 1.83. The van der Waals surface area contributed by atoms with Crippen molar-refractivity contribution in [3.05, 3.63) is 63.7 Å². The molecule has 0 fully saturated rings. The summed E-state index contributed by atoms with van der Waals surface area (Å²) in [6.45, 7) is 5.63. The predicted octanol–water partition coefficient (Wildman–Crippen LogP) is 7.80. The van der Waals surface area contributed by atoms with Gasteiger partial charge in [0.2, 0.25) is 0 Å². The normalized spacial score (nSPS) is 11.2. The smallest absolute Gasteiger partial charge is 0.416 e. The number of hydrogen-bond acceptors (Lipinski definition) is 3. The van der Waals surface area contributed by atoms with E-state index in [1.165, 1.54) is 12.1 Å². The van der Waals surface area contributed by atoms with E-state index >= 15 is 0 Å². The highest BCUT2D eigenvalue weighted by molar-refractivity contribution is 6.55. The number of rotatable bonds is 12. The van der Waals surface area contributed by atoms with Gasteiger partial charge < -0.3 is 14.8 Å². The highest BCUT2D eigenvalue weighted by Gasteiger charge is 2.29.